The van der Waals surface area contributed by atoms with E-state index in [0.29, 0.717) is 17.9 Å². The average molecular weight is 193 g/mol. The van der Waals surface area contributed by atoms with Crippen LogP contribution in [0.3, 0.4) is 0 Å². The highest BCUT2D eigenvalue weighted by Crippen LogP contribution is 2.38. The Hall–Kier alpha value is -0.990. The zero-order valence-corrected chi connectivity index (χ0v) is 8.98. The summed E-state index contributed by atoms with van der Waals surface area (Å²) in [6, 6.07) is 0.557. The van der Waals surface area contributed by atoms with Gasteiger partial charge in [0.25, 0.3) is 0 Å². The van der Waals surface area contributed by atoms with Gasteiger partial charge < -0.3 is 10.3 Å². The van der Waals surface area contributed by atoms with Crippen molar-refractivity contribution in [1.29, 1.82) is 0 Å². The summed E-state index contributed by atoms with van der Waals surface area (Å²) in [7, 11) is 0. The molecule has 2 rings (SSSR count). The molecular formula is C11H19N3. The number of hydrogen-bond acceptors (Lipinski definition) is 2. The summed E-state index contributed by atoms with van der Waals surface area (Å²) in [5.74, 6) is 2.17. The number of nitrogen functional groups attached to an aromatic ring is 1. The Morgan fingerprint density at radius 2 is 2.21 bits per heavy atom. The summed E-state index contributed by atoms with van der Waals surface area (Å²) in [6.07, 6.45) is 7.71. The maximum Gasteiger partial charge on any atom is 0.200 e. The number of hydrogen-bond donors (Lipinski definition) is 1. The van der Waals surface area contributed by atoms with E-state index in [0.717, 1.165) is 5.92 Å². The fourth-order valence-corrected chi connectivity index (χ4v) is 2.55. The van der Waals surface area contributed by atoms with Crippen LogP contribution in [0.4, 0.5) is 5.95 Å². The molecular weight excluding hydrogens is 174 g/mol. The van der Waals surface area contributed by atoms with Crippen LogP contribution in [0.25, 0.3) is 0 Å². The van der Waals surface area contributed by atoms with Crippen molar-refractivity contribution in [2.24, 2.45) is 11.8 Å². The lowest BCUT2D eigenvalue weighted by atomic mass is 9.78. The summed E-state index contributed by atoms with van der Waals surface area (Å²) in [6.45, 7) is 4.66. The smallest absolute Gasteiger partial charge is 0.200 e. The van der Waals surface area contributed by atoms with Crippen LogP contribution >= 0.6 is 0 Å². The van der Waals surface area contributed by atoms with Crippen molar-refractivity contribution >= 4 is 5.95 Å². The van der Waals surface area contributed by atoms with E-state index in [2.05, 4.69) is 23.4 Å². The molecule has 0 radical (unpaired) electrons. The molecule has 0 aromatic carbocycles. The Bertz CT molecular complexity index is 305. The molecule has 1 aromatic rings. The van der Waals surface area contributed by atoms with E-state index in [1.807, 2.05) is 6.20 Å². The van der Waals surface area contributed by atoms with Crippen molar-refractivity contribution in [3.05, 3.63) is 12.4 Å². The highest BCUT2D eigenvalue weighted by atomic mass is 15.2. The minimum atomic E-state index is 0.557. The van der Waals surface area contributed by atoms with Crippen molar-refractivity contribution in [3.63, 3.8) is 0 Å². The number of nitrogens with two attached hydrogens (primary N) is 1. The maximum absolute atomic E-state index is 5.83. The lowest BCUT2D eigenvalue weighted by molar-refractivity contribution is 0.188. The first-order valence-corrected chi connectivity index (χ1v) is 5.48. The van der Waals surface area contributed by atoms with Gasteiger partial charge in [0.05, 0.1) is 0 Å². The molecule has 1 aromatic heterocycles. The predicted octanol–water partition coefficient (Wildman–Crippen LogP) is 2.46. The Morgan fingerprint density at radius 1 is 1.43 bits per heavy atom. The van der Waals surface area contributed by atoms with Gasteiger partial charge in [-0.15, -0.1) is 0 Å². The molecule has 0 saturated heterocycles. The number of imidazole rings is 1. The molecule has 1 aliphatic rings. The van der Waals surface area contributed by atoms with Gasteiger partial charge in [-0.05, 0) is 18.3 Å². The molecule has 1 fully saturated rings. The van der Waals surface area contributed by atoms with Gasteiger partial charge in [-0.2, -0.15) is 0 Å². The van der Waals surface area contributed by atoms with Crippen molar-refractivity contribution in [2.75, 3.05) is 5.73 Å². The number of anilines is 1. The molecule has 2 N–H and O–H groups in total. The number of aromatic nitrogens is 2. The normalized spacial score (nSPS) is 33.1. The first-order valence-electron chi connectivity index (χ1n) is 5.48. The third-order valence-electron chi connectivity index (χ3n) is 3.72. The van der Waals surface area contributed by atoms with Crippen LogP contribution in [0, 0.1) is 11.8 Å². The molecule has 14 heavy (non-hydrogen) atoms. The Morgan fingerprint density at radius 3 is 2.86 bits per heavy atom. The summed E-state index contributed by atoms with van der Waals surface area (Å²) in [5, 5.41) is 0. The van der Waals surface area contributed by atoms with Gasteiger partial charge in [0.1, 0.15) is 0 Å². The highest BCUT2D eigenvalue weighted by Gasteiger charge is 2.28. The molecule has 3 nitrogen and oxygen atoms in total. The monoisotopic (exact) mass is 193 g/mol. The fraction of sp³-hybridized carbons (Fsp3) is 0.727. The SMILES string of the molecule is CC1CCCC(n2ccnc2N)C1C. The second kappa shape index (κ2) is 3.64. The third-order valence-corrected chi connectivity index (χ3v) is 3.72. The summed E-state index contributed by atoms with van der Waals surface area (Å²) >= 11 is 0. The van der Waals surface area contributed by atoms with Crippen LogP contribution in [0.1, 0.15) is 39.2 Å². The summed E-state index contributed by atoms with van der Waals surface area (Å²) in [5.41, 5.74) is 5.83. The van der Waals surface area contributed by atoms with E-state index in [1.54, 1.807) is 6.20 Å². The summed E-state index contributed by atoms with van der Waals surface area (Å²) < 4.78 is 2.14. The molecule has 1 heterocycles. The average Bonchev–Trinajstić information content (AvgIpc) is 2.57. The highest BCUT2D eigenvalue weighted by molar-refractivity contribution is 5.18. The second-order valence-corrected chi connectivity index (χ2v) is 4.53. The fourth-order valence-electron chi connectivity index (χ4n) is 2.55. The molecule has 3 unspecified atom stereocenters. The van der Waals surface area contributed by atoms with Gasteiger partial charge in [-0.3, -0.25) is 0 Å². The molecule has 3 atom stereocenters. The van der Waals surface area contributed by atoms with Crippen LogP contribution in [0.2, 0.25) is 0 Å². The first-order chi connectivity index (χ1) is 6.70. The van der Waals surface area contributed by atoms with E-state index in [9.17, 15) is 0 Å². The van der Waals surface area contributed by atoms with Gasteiger partial charge in [0.2, 0.25) is 0 Å². The van der Waals surface area contributed by atoms with Crippen molar-refractivity contribution in [3.8, 4) is 0 Å². The van der Waals surface area contributed by atoms with Crippen LogP contribution in [0.5, 0.6) is 0 Å². The largest absolute Gasteiger partial charge is 0.369 e. The Balaban J connectivity index is 2.21. The quantitative estimate of drug-likeness (QED) is 0.744. The molecule has 1 saturated carbocycles. The van der Waals surface area contributed by atoms with Gasteiger partial charge >= 0.3 is 0 Å². The van der Waals surface area contributed by atoms with Crippen LogP contribution in [0.15, 0.2) is 12.4 Å². The van der Waals surface area contributed by atoms with Crippen LogP contribution < -0.4 is 5.73 Å². The molecule has 0 spiro atoms. The van der Waals surface area contributed by atoms with Gasteiger partial charge in [-0.1, -0.05) is 26.7 Å². The van der Waals surface area contributed by atoms with Crippen LogP contribution in [-0.4, -0.2) is 9.55 Å². The zero-order valence-electron chi connectivity index (χ0n) is 8.98. The van der Waals surface area contributed by atoms with E-state index in [-0.39, 0.29) is 0 Å². The zero-order chi connectivity index (χ0) is 10.1. The minimum Gasteiger partial charge on any atom is -0.369 e. The Kier molecular flexibility index (Phi) is 2.48. The molecule has 78 valence electrons. The molecule has 0 amide bonds. The van der Waals surface area contributed by atoms with E-state index < -0.39 is 0 Å². The lowest BCUT2D eigenvalue weighted by Gasteiger charge is -2.35. The molecule has 0 bridgehead atoms. The first kappa shape index (κ1) is 9.56. The second-order valence-electron chi connectivity index (χ2n) is 4.53. The molecule has 0 aliphatic heterocycles. The Labute approximate surface area is 85.3 Å². The van der Waals surface area contributed by atoms with Gasteiger partial charge in [-0.25, -0.2) is 4.98 Å². The summed E-state index contributed by atoms with van der Waals surface area (Å²) in [4.78, 5) is 4.09. The minimum absolute atomic E-state index is 0.557. The van der Waals surface area contributed by atoms with E-state index in [4.69, 9.17) is 5.73 Å². The lowest BCUT2D eigenvalue weighted by Crippen LogP contribution is -2.27. The van der Waals surface area contributed by atoms with E-state index >= 15 is 0 Å². The maximum atomic E-state index is 5.83. The topological polar surface area (TPSA) is 43.8 Å². The number of rotatable bonds is 1. The van der Waals surface area contributed by atoms with Crippen molar-refractivity contribution in [2.45, 2.75) is 39.2 Å². The third kappa shape index (κ3) is 1.51. The predicted molar refractivity (Wildman–Crippen MR) is 57.9 cm³/mol. The van der Waals surface area contributed by atoms with Crippen molar-refractivity contribution < 1.29 is 0 Å². The van der Waals surface area contributed by atoms with Gasteiger partial charge in [0.15, 0.2) is 5.95 Å². The molecule has 1 aliphatic carbocycles. The van der Waals surface area contributed by atoms with Crippen LogP contribution in [-0.2, 0) is 0 Å². The van der Waals surface area contributed by atoms with E-state index in [1.165, 1.54) is 19.3 Å². The number of nitrogens with zero attached hydrogens (tertiary/aromatic N) is 2. The van der Waals surface area contributed by atoms with Crippen molar-refractivity contribution in [1.82, 2.24) is 9.55 Å². The standard InChI is InChI=1S/C11H19N3/c1-8-4-3-5-10(9(8)2)14-7-6-13-11(14)12/h6-10H,3-5H2,1-2H3,(H2,12,13). The van der Waals surface area contributed by atoms with Gasteiger partial charge in [0, 0.05) is 18.4 Å². The molecule has 3 heteroatoms.